The molecule has 2 rings (SSSR count). The molecule has 0 saturated carbocycles. The lowest BCUT2D eigenvalue weighted by Gasteiger charge is -2.26. The van der Waals surface area contributed by atoms with Crippen molar-refractivity contribution in [1.29, 1.82) is 0 Å². The number of hydrogen-bond donors (Lipinski definition) is 0. The Morgan fingerprint density at radius 2 is 1.39 bits per heavy atom. The predicted molar refractivity (Wildman–Crippen MR) is 153 cm³/mol. The maximum Gasteiger partial charge on any atom is 0.416 e. The van der Waals surface area contributed by atoms with Gasteiger partial charge in [0.15, 0.2) is 5.69 Å². The minimum absolute atomic E-state index is 0.0371. The third kappa shape index (κ3) is 9.56. The molecule has 14 heteroatoms. The fourth-order valence-corrected chi connectivity index (χ4v) is 4.41. The van der Waals surface area contributed by atoms with Crippen molar-refractivity contribution in [3.8, 4) is 0 Å². The first-order chi connectivity index (χ1) is 19.3. The van der Waals surface area contributed by atoms with Gasteiger partial charge < -0.3 is 9.64 Å². The molecule has 228 valence electrons. The van der Waals surface area contributed by atoms with E-state index in [1.165, 1.54) is 4.90 Å². The van der Waals surface area contributed by atoms with E-state index in [0.29, 0.717) is 25.0 Å². The van der Waals surface area contributed by atoms with E-state index in [0.717, 1.165) is 29.7 Å². The fourth-order valence-electron chi connectivity index (χ4n) is 4.27. The van der Waals surface area contributed by atoms with Gasteiger partial charge in [-0.1, -0.05) is 45.9 Å². The third-order valence-electron chi connectivity index (χ3n) is 6.00. The number of ether oxygens (including phenoxy) is 1. The van der Waals surface area contributed by atoms with Crippen LogP contribution in [0.2, 0.25) is 0 Å². The van der Waals surface area contributed by atoms with Crippen LogP contribution in [0, 0.1) is 20.2 Å². The van der Waals surface area contributed by atoms with Crippen LogP contribution in [-0.4, -0.2) is 48.6 Å². The molecule has 0 aliphatic rings. The number of nitro groups is 2. The van der Waals surface area contributed by atoms with Crippen LogP contribution in [0.15, 0.2) is 30.3 Å². The SMILES string of the molecule is CCCN(CCC)c1c([N+](=O)[O-])cc(C(F)(F)F)cc1[N+](=O)[O-].CCc1cccc(CC)c1N(COC)C(=O)CCl. The summed E-state index contributed by atoms with van der Waals surface area (Å²) in [4.78, 5) is 35.3. The number of para-hydroxylation sites is 1. The molecule has 0 bridgehead atoms. The van der Waals surface area contributed by atoms with Gasteiger partial charge in [0.1, 0.15) is 12.6 Å². The predicted octanol–water partition coefficient (Wildman–Crippen LogP) is 7.14. The van der Waals surface area contributed by atoms with Crippen molar-refractivity contribution in [2.75, 3.05) is 42.6 Å². The summed E-state index contributed by atoms with van der Waals surface area (Å²) in [5, 5.41) is 22.4. The molecule has 0 radical (unpaired) electrons. The van der Waals surface area contributed by atoms with Crippen LogP contribution in [0.25, 0.3) is 0 Å². The molecule has 10 nitrogen and oxygen atoms in total. The Bertz CT molecular complexity index is 1130. The van der Waals surface area contributed by atoms with E-state index in [4.69, 9.17) is 16.3 Å². The Labute approximate surface area is 242 Å². The number of aryl methyl sites for hydroxylation is 2. The van der Waals surface area contributed by atoms with Gasteiger partial charge in [0.05, 0.1) is 21.1 Å². The van der Waals surface area contributed by atoms with Gasteiger partial charge in [0.25, 0.3) is 11.4 Å². The van der Waals surface area contributed by atoms with Gasteiger partial charge in [-0.2, -0.15) is 13.2 Å². The second-order valence-corrected chi connectivity index (χ2v) is 9.13. The Balaban J connectivity index is 0.000000422. The van der Waals surface area contributed by atoms with Crippen LogP contribution in [0.4, 0.5) is 35.9 Å². The lowest BCUT2D eigenvalue weighted by atomic mass is 10.0. The van der Waals surface area contributed by atoms with E-state index in [2.05, 4.69) is 13.8 Å². The van der Waals surface area contributed by atoms with Gasteiger partial charge in [0.2, 0.25) is 5.91 Å². The van der Waals surface area contributed by atoms with E-state index in [1.807, 2.05) is 18.2 Å². The van der Waals surface area contributed by atoms with E-state index in [-0.39, 0.29) is 37.3 Å². The molecule has 0 N–H and O–H groups in total. The Morgan fingerprint density at radius 3 is 1.71 bits per heavy atom. The molecule has 0 aliphatic carbocycles. The molecule has 2 aromatic rings. The van der Waals surface area contributed by atoms with Crippen molar-refractivity contribution in [3.05, 3.63) is 67.3 Å². The number of amides is 1. The summed E-state index contributed by atoms with van der Waals surface area (Å²) >= 11 is 5.68. The van der Waals surface area contributed by atoms with Crippen LogP contribution in [0.5, 0.6) is 0 Å². The van der Waals surface area contributed by atoms with Gasteiger partial charge in [-0.25, -0.2) is 0 Å². The largest absolute Gasteiger partial charge is 0.416 e. The number of hydrogen-bond acceptors (Lipinski definition) is 7. The van der Waals surface area contributed by atoms with Crippen molar-refractivity contribution in [2.45, 2.75) is 59.6 Å². The molecule has 0 aliphatic heterocycles. The average molecular weight is 605 g/mol. The maximum absolute atomic E-state index is 12.8. The number of carbonyl (C=O) groups excluding carboxylic acids is 1. The average Bonchev–Trinajstić information content (AvgIpc) is 2.94. The molecule has 0 saturated heterocycles. The topological polar surface area (TPSA) is 119 Å². The summed E-state index contributed by atoms with van der Waals surface area (Å²) in [5.74, 6) is -0.168. The number of nitrogens with zero attached hydrogens (tertiary/aromatic N) is 4. The number of methoxy groups -OCH3 is 1. The maximum atomic E-state index is 12.8. The standard InChI is InChI=1S/C14H20ClNO2.C13H16F3N3O4/c1-4-11-7-6-8-12(5-2)14(11)16(10-18-3)13(17)9-15;1-3-5-17(6-4-2)12-10(18(20)21)7-9(13(14,15)16)8-11(12)19(22)23/h6-8H,4-5,9-10H2,1-3H3;7-8H,3-6H2,1-2H3. The summed E-state index contributed by atoms with van der Waals surface area (Å²) in [6.07, 6.45) is -2.09. The van der Waals surface area contributed by atoms with Gasteiger partial charge in [-0.05, 0) is 36.8 Å². The Hall–Kier alpha value is -3.45. The van der Waals surface area contributed by atoms with Gasteiger partial charge in [0, 0.05) is 32.3 Å². The van der Waals surface area contributed by atoms with Crippen molar-refractivity contribution < 1.29 is 32.5 Å². The number of anilines is 2. The van der Waals surface area contributed by atoms with Gasteiger partial charge in [-0.15, -0.1) is 11.6 Å². The van der Waals surface area contributed by atoms with Crippen molar-refractivity contribution in [3.63, 3.8) is 0 Å². The lowest BCUT2D eigenvalue weighted by Crippen LogP contribution is -2.35. The van der Waals surface area contributed by atoms with Crippen LogP contribution < -0.4 is 9.80 Å². The minimum Gasteiger partial charge on any atom is -0.364 e. The zero-order valence-electron chi connectivity index (χ0n) is 23.8. The summed E-state index contributed by atoms with van der Waals surface area (Å²) < 4.78 is 43.7. The smallest absolute Gasteiger partial charge is 0.364 e. The molecular formula is C27H36ClF3N4O6. The third-order valence-corrected chi connectivity index (χ3v) is 6.23. The van der Waals surface area contributed by atoms with E-state index < -0.39 is 33.0 Å². The number of halogens is 4. The van der Waals surface area contributed by atoms with Crippen molar-refractivity contribution in [1.82, 2.24) is 0 Å². The van der Waals surface area contributed by atoms with E-state index in [1.54, 1.807) is 25.9 Å². The number of nitro benzene ring substituents is 2. The Morgan fingerprint density at radius 1 is 0.927 bits per heavy atom. The summed E-state index contributed by atoms with van der Waals surface area (Å²) in [6.45, 7) is 8.45. The highest BCUT2D eigenvalue weighted by molar-refractivity contribution is 6.29. The molecular weight excluding hydrogens is 569 g/mol. The van der Waals surface area contributed by atoms with E-state index in [9.17, 15) is 38.2 Å². The monoisotopic (exact) mass is 604 g/mol. The van der Waals surface area contributed by atoms with Crippen molar-refractivity contribution in [2.24, 2.45) is 0 Å². The van der Waals surface area contributed by atoms with Crippen LogP contribution in [-0.2, 0) is 28.5 Å². The zero-order chi connectivity index (χ0) is 31.3. The lowest BCUT2D eigenvalue weighted by molar-refractivity contribution is -0.393. The van der Waals surface area contributed by atoms with Crippen molar-refractivity contribution >= 4 is 40.3 Å². The normalized spacial score (nSPS) is 11.0. The molecule has 0 fully saturated rings. The highest BCUT2D eigenvalue weighted by Crippen LogP contribution is 2.43. The highest BCUT2D eigenvalue weighted by Gasteiger charge is 2.39. The molecule has 0 atom stereocenters. The van der Waals surface area contributed by atoms with Crippen LogP contribution >= 0.6 is 11.6 Å². The zero-order valence-corrected chi connectivity index (χ0v) is 24.5. The molecule has 0 unspecified atom stereocenters. The fraction of sp³-hybridized carbons (Fsp3) is 0.519. The van der Waals surface area contributed by atoms with Gasteiger partial charge in [-0.3, -0.25) is 29.9 Å². The molecule has 0 aromatic heterocycles. The summed E-state index contributed by atoms with van der Waals surface area (Å²) in [7, 11) is 1.58. The van der Waals surface area contributed by atoms with E-state index >= 15 is 0 Å². The van der Waals surface area contributed by atoms with Crippen LogP contribution in [0.1, 0.15) is 57.2 Å². The first-order valence-electron chi connectivity index (χ1n) is 13.1. The number of benzene rings is 2. The molecule has 2 aromatic carbocycles. The molecule has 0 heterocycles. The summed E-state index contributed by atoms with van der Waals surface area (Å²) in [6, 6.07) is 6.80. The first-order valence-corrected chi connectivity index (χ1v) is 13.6. The van der Waals surface area contributed by atoms with Gasteiger partial charge >= 0.3 is 6.18 Å². The minimum atomic E-state index is -4.91. The number of alkyl halides is 4. The highest BCUT2D eigenvalue weighted by atomic mass is 35.5. The number of carbonyl (C=O) groups is 1. The molecule has 1 amide bonds. The number of rotatable bonds is 13. The first kappa shape index (κ1) is 35.6. The molecule has 41 heavy (non-hydrogen) atoms. The Kier molecular flexibility index (Phi) is 14.5. The second-order valence-electron chi connectivity index (χ2n) is 8.87. The quantitative estimate of drug-likeness (QED) is 0.103. The summed E-state index contributed by atoms with van der Waals surface area (Å²) in [5.41, 5.74) is -0.365. The van der Waals surface area contributed by atoms with Crippen LogP contribution in [0.3, 0.4) is 0 Å². The second kappa shape index (κ2) is 16.7. The molecule has 0 spiro atoms.